The zero-order valence-electron chi connectivity index (χ0n) is 17.3. The number of fused-ring (bicyclic) bond motifs is 1. The minimum atomic E-state index is -0.577. The third-order valence-electron chi connectivity index (χ3n) is 5.10. The number of H-pyrrole nitrogens is 1. The van der Waals surface area contributed by atoms with Crippen molar-refractivity contribution in [1.82, 2.24) is 15.6 Å². The number of rotatable bonds is 7. The normalized spacial score (nSPS) is 13.0. The van der Waals surface area contributed by atoms with Crippen molar-refractivity contribution in [2.24, 2.45) is 0 Å². The number of aromatic amines is 1. The second-order valence-electron chi connectivity index (χ2n) is 7.50. The average molecular weight is 393 g/mol. The average Bonchev–Trinajstić information content (AvgIpc) is 3.12. The number of nitrogens with one attached hydrogen (secondary N) is 3. The van der Waals surface area contributed by atoms with E-state index >= 15 is 0 Å². The summed E-state index contributed by atoms with van der Waals surface area (Å²) in [6.07, 6.45) is 2.01. The molecule has 0 spiro atoms. The van der Waals surface area contributed by atoms with Crippen molar-refractivity contribution >= 4 is 28.4 Å². The molecule has 0 bridgehead atoms. The van der Waals surface area contributed by atoms with Gasteiger partial charge in [0.15, 0.2) is 0 Å². The van der Waals surface area contributed by atoms with Crippen molar-refractivity contribution in [3.05, 3.63) is 65.9 Å². The minimum absolute atomic E-state index is 0.0177. The molecule has 0 aliphatic carbocycles. The van der Waals surface area contributed by atoms with Crippen molar-refractivity contribution < 1.29 is 9.59 Å². The third-order valence-corrected chi connectivity index (χ3v) is 5.10. The van der Waals surface area contributed by atoms with Gasteiger partial charge in [0.05, 0.1) is 0 Å². The van der Waals surface area contributed by atoms with Crippen LogP contribution in [-0.4, -0.2) is 43.5 Å². The van der Waals surface area contributed by atoms with Crippen LogP contribution in [-0.2, 0) is 9.59 Å². The van der Waals surface area contributed by atoms with Gasteiger partial charge in [0.25, 0.3) is 0 Å². The second kappa shape index (κ2) is 8.82. The van der Waals surface area contributed by atoms with E-state index in [-0.39, 0.29) is 17.7 Å². The summed E-state index contributed by atoms with van der Waals surface area (Å²) in [6, 6.07) is 15.9. The number of aromatic nitrogens is 1. The standard InChI is InChI=1S/C23H28N4O2/c1-15(26-16(2)28)23(29)25-13-20(17-9-11-18(12-10-17)27(3)4)21-14-24-22-8-6-5-7-19(21)22/h5-12,14-15,20,24H,13H2,1-4H3,(H,25,29)(H,26,28). The molecule has 3 aromatic rings. The first-order chi connectivity index (χ1) is 13.9. The van der Waals surface area contributed by atoms with Crippen LogP contribution in [0.25, 0.3) is 10.9 Å². The van der Waals surface area contributed by atoms with Crippen molar-refractivity contribution in [3.63, 3.8) is 0 Å². The van der Waals surface area contributed by atoms with E-state index in [1.54, 1.807) is 6.92 Å². The largest absolute Gasteiger partial charge is 0.378 e. The fourth-order valence-electron chi connectivity index (χ4n) is 3.52. The number of nitrogens with zero attached hydrogens (tertiary/aromatic N) is 1. The number of hydrogen-bond acceptors (Lipinski definition) is 3. The summed E-state index contributed by atoms with van der Waals surface area (Å²) in [4.78, 5) is 29.1. The van der Waals surface area contributed by atoms with Crippen LogP contribution in [0.2, 0.25) is 0 Å². The fourth-order valence-corrected chi connectivity index (χ4v) is 3.52. The van der Waals surface area contributed by atoms with Crippen molar-refractivity contribution in [3.8, 4) is 0 Å². The minimum Gasteiger partial charge on any atom is -0.378 e. The Bertz CT molecular complexity index is 992. The molecule has 152 valence electrons. The lowest BCUT2D eigenvalue weighted by Crippen LogP contribution is -2.45. The summed E-state index contributed by atoms with van der Waals surface area (Å²) in [5.41, 5.74) is 4.43. The lowest BCUT2D eigenvalue weighted by Gasteiger charge is -2.21. The van der Waals surface area contributed by atoms with Gasteiger partial charge in [-0.3, -0.25) is 9.59 Å². The first-order valence-electron chi connectivity index (χ1n) is 9.75. The van der Waals surface area contributed by atoms with Gasteiger partial charge >= 0.3 is 0 Å². The smallest absolute Gasteiger partial charge is 0.242 e. The Labute approximate surface area is 171 Å². The maximum Gasteiger partial charge on any atom is 0.242 e. The van der Waals surface area contributed by atoms with Gasteiger partial charge < -0.3 is 20.5 Å². The summed E-state index contributed by atoms with van der Waals surface area (Å²) in [7, 11) is 4.02. The highest BCUT2D eigenvalue weighted by molar-refractivity contribution is 5.87. The Kier molecular flexibility index (Phi) is 6.22. The Morgan fingerprint density at radius 2 is 1.76 bits per heavy atom. The van der Waals surface area contributed by atoms with Crippen LogP contribution in [0.15, 0.2) is 54.7 Å². The van der Waals surface area contributed by atoms with Crippen molar-refractivity contribution in [2.75, 3.05) is 25.5 Å². The van der Waals surface area contributed by atoms with E-state index in [2.05, 4.69) is 50.8 Å². The Morgan fingerprint density at radius 1 is 1.07 bits per heavy atom. The first-order valence-corrected chi connectivity index (χ1v) is 9.75. The van der Waals surface area contributed by atoms with Gasteiger partial charge in [-0.1, -0.05) is 30.3 Å². The summed E-state index contributed by atoms with van der Waals surface area (Å²) >= 11 is 0. The number of hydrogen-bond donors (Lipinski definition) is 3. The van der Waals surface area contributed by atoms with E-state index in [0.717, 1.165) is 27.7 Å². The molecule has 3 N–H and O–H groups in total. The molecule has 1 heterocycles. The highest BCUT2D eigenvalue weighted by atomic mass is 16.2. The van der Waals surface area contributed by atoms with E-state index in [1.807, 2.05) is 38.5 Å². The van der Waals surface area contributed by atoms with Crippen molar-refractivity contribution in [1.29, 1.82) is 0 Å². The Balaban J connectivity index is 1.89. The lowest BCUT2D eigenvalue weighted by molar-refractivity contribution is -0.127. The summed E-state index contributed by atoms with van der Waals surface area (Å²) in [5, 5.41) is 6.76. The summed E-state index contributed by atoms with van der Waals surface area (Å²) < 4.78 is 0. The molecule has 6 heteroatoms. The molecular formula is C23H28N4O2. The molecule has 1 aromatic heterocycles. The number of carbonyl (C=O) groups excluding carboxylic acids is 2. The van der Waals surface area contributed by atoms with Crippen LogP contribution < -0.4 is 15.5 Å². The van der Waals surface area contributed by atoms with E-state index in [9.17, 15) is 9.59 Å². The van der Waals surface area contributed by atoms with Crippen LogP contribution in [0.5, 0.6) is 0 Å². The monoisotopic (exact) mass is 392 g/mol. The molecule has 0 fully saturated rings. The molecule has 3 rings (SSSR count). The predicted octanol–water partition coefficient (Wildman–Crippen LogP) is 3.01. The SMILES string of the molecule is CC(=O)NC(C)C(=O)NCC(c1ccc(N(C)C)cc1)c1c[nH]c2ccccc12. The molecule has 0 saturated carbocycles. The number of para-hydroxylation sites is 1. The zero-order chi connectivity index (χ0) is 21.0. The molecule has 2 atom stereocenters. The maximum atomic E-state index is 12.5. The van der Waals surface area contributed by atoms with Crippen molar-refractivity contribution in [2.45, 2.75) is 25.8 Å². The van der Waals surface area contributed by atoms with Gasteiger partial charge in [-0.2, -0.15) is 0 Å². The van der Waals surface area contributed by atoms with E-state index in [4.69, 9.17) is 0 Å². The molecule has 29 heavy (non-hydrogen) atoms. The molecule has 0 aliphatic heterocycles. The first kappa shape index (κ1) is 20.5. The number of carbonyl (C=O) groups is 2. The van der Waals surface area contributed by atoms with Gasteiger partial charge in [-0.05, 0) is 36.2 Å². The Morgan fingerprint density at radius 3 is 2.41 bits per heavy atom. The second-order valence-corrected chi connectivity index (χ2v) is 7.50. The number of benzene rings is 2. The third kappa shape index (κ3) is 4.77. The Hall–Kier alpha value is -3.28. The zero-order valence-corrected chi connectivity index (χ0v) is 17.3. The van der Waals surface area contributed by atoms with Gasteiger partial charge in [0.2, 0.25) is 11.8 Å². The molecule has 0 saturated heterocycles. The van der Waals surface area contributed by atoms with Crippen LogP contribution in [0.1, 0.15) is 30.9 Å². The lowest BCUT2D eigenvalue weighted by atomic mass is 9.90. The van der Waals surface area contributed by atoms with E-state index < -0.39 is 6.04 Å². The van der Waals surface area contributed by atoms with E-state index in [1.165, 1.54) is 6.92 Å². The van der Waals surface area contributed by atoms with Gasteiger partial charge in [0, 0.05) is 56.3 Å². The van der Waals surface area contributed by atoms with Crippen LogP contribution in [0.4, 0.5) is 5.69 Å². The summed E-state index contributed by atoms with van der Waals surface area (Å²) in [6.45, 7) is 3.53. The maximum absolute atomic E-state index is 12.5. The molecule has 2 aromatic carbocycles. The van der Waals surface area contributed by atoms with Gasteiger partial charge in [-0.25, -0.2) is 0 Å². The molecule has 6 nitrogen and oxygen atoms in total. The molecule has 2 amide bonds. The predicted molar refractivity (Wildman–Crippen MR) is 117 cm³/mol. The highest BCUT2D eigenvalue weighted by Crippen LogP contribution is 2.31. The number of anilines is 1. The van der Waals surface area contributed by atoms with Crippen LogP contribution in [0.3, 0.4) is 0 Å². The molecule has 0 aliphatic rings. The van der Waals surface area contributed by atoms with Crippen LogP contribution >= 0.6 is 0 Å². The van der Waals surface area contributed by atoms with Gasteiger partial charge in [-0.15, -0.1) is 0 Å². The number of amides is 2. The molecule has 2 unspecified atom stereocenters. The highest BCUT2D eigenvalue weighted by Gasteiger charge is 2.21. The quantitative estimate of drug-likeness (QED) is 0.578. The summed E-state index contributed by atoms with van der Waals surface area (Å²) in [5.74, 6) is -0.439. The van der Waals surface area contributed by atoms with E-state index in [0.29, 0.717) is 6.54 Å². The topological polar surface area (TPSA) is 77.2 Å². The van der Waals surface area contributed by atoms with Gasteiger partial charge in [0.1, 0.15) is 6.04 Å². The molecular weight excluding hydrogens is 364 g/mol. The van der Waals surface area contributed by atoms with Crippen LogP contribution in [0, 0.1) is 0 Å². The fraction of sp³-hybridized carbons (Fsp3) is 0.304. The molecule has 0 radical (unpaired) electrons.